The summed E-state index contributed by atoms with van der Waals surface area (Å²) in [5.41, 5.74) is 5.09. The van der Waals surface area contributed by atoms with Crippen molar-refractivity contribution in [1.82, 2.24) is 10.2 Å². The van der Waals surface area contributed by atoms with E-state index in [2.05, 4.69) is 20.8 Å². The van der Waals surface area contributed by atoms with Crippen LogP contribution in [-0.4, -0.2) is 28.0 Å². The number of aryl methyl sites for hydroxylation is 1. The van der Waals surface area contributed by atoms with Crippen LogP contribution in [0.5, 0.6) is 0 Å². The SMILES string of the molecule is Cc1ccc(-c2nnc(NC3N=C(c4ccccc4)c4ccccc4NC3=O)o2)cc1. The standard InChI is InChI=1S/C24H19N5O2/c1-15-11-13-17(14-12-15)23-28-29-24(31-23)27-21-22(30)25-19-10-6-5-9-18(19)20(26-21)16-7-3-2-4-8-16/h2-14,21H,1H3,(H,25,30)(H,27,29). The van der Waals surface area contributed by atoms with Crippen LogP contribution in [0.25, 0.3) is 11.5 Å². The number of benzodiazepines with no additional fused rings is 1. The van der Waals surface area contributed by atoms with Crippen LogP contribution in [0, 0.1) is 6.92 Å². The van der Waals surface area contributed by atoms with E-state index in [0.29, 0.717) is 17.3 Å². The summed E-state index contributed by atoms with van der Waals surface area (Å²) in [7, 11) is 0. The lowest BCUT2D eigenvalue weighted by Gasteiger charge is -2.11. The van der Waals surface area contributed by atoms with Crippen molar-refractivity contribution in [3.63, 3.8) is 0 Å². The van der Waals surface area contributed by atoms with Gasteiger partial charge in [-0.1, -0.05) is 71.3 Å². The molecule has 1 unspecified atom stereocenters. The molecular formula is C24H19N5O2. The van der Waals surface area contributed by atoms with Crippen molar-refractivity contribution in [2.45, 2.75) is 13.1 Å². The van der Waals surface area contributed by atoms with Crippen molar-refractivity contribution in [3.8, 4) is 11.5 Å². The molecular weight excluding hydrogens is 390 g/mol. The minimum absolute atomic E-state index is 0.123. The maximum atomic E-state index is 12.9. The lowest BCUT2D eigenvalue weighted by Crippen LogP contribution is -2.32. The van der Waals surface area contributed by atoms with Gasteiger partial charge in [0.15, 0.2) is 0 Å². The van der Waals surface area contributed by atoms with Crippen LogP contribution in [0.2, 0.25) is 0 Å². The minimum atomic E-state index is -0.936. The molecule has 4 aromatic rings. The molecule has 0 saturated heterocycles. The van der Waals surface area contributed by atoms with Crippen molar-refractivity contribution in [3.05, 3.63) is 95.6 Å². The molecule has 0 saturated carbocycles. The number of benzene rings is 3. The fraction of sp³-hybridized carbons (Fsp3) is 0.0833. The Hall–Kier alpha value is -4.26. The number of fused-ring (bicyclic) bond motifs is 1. The molecule has 5 rings (SSSR count). The number of amides is 1. The number of hydrogen-bond donors (Lipinski definition) is 2. The van der Waals surface area contributed by atoms with Gasteiger partial charge in [-0.3, -0.25) is 4.79 Å². The highest BCUT2D eigenvalue weighted by Gasteiger charge is 2.27. The van der Waals surface area contributed by atoms with Gasteiger partial charge < -0.3 is 15.1 Å². The summed E-state index contributed by atoms with van der Waals surface area (Å²) in [6, 6.07) is 25.2. The number of nitrogens with zero attached hydrogens (tertiary/aromatic N) is 3. The molecule has 0 aliphatic carbocycles. The molecule has 1 atom stereocenters. The van der Waals surface area contributed by atoms with Crippen LogP contribution in [-0.2, 0) is 4.79 Å². The van der Waals surface area contributed by atoms with Crippen molar-refractivity contribution in [2.24, 2.45) is 4.99 Å². The van der Waals surface area contributed by atoms with Crippen LogP contribution < -0.4 is 10.6 Å². The Morgan fingerprint density at radius 2 is 1.61 bits per heavy atom. The Morgan fingerprint density at radius 1 is 0.871 bits per heavy atom. The van der Waals surface area contributed by atoms with Gasteiger partial charge in [-0.25, -0.2) is 4.99 Å². The largest absolute Gasteiger partial charge is 0.403 e. The van der Waals surface area contributed by atoms with E-state index in [0.717, 1.165) is 22.3 Å². The number of anilines is 2. The summed E-state index contributed by atoms with van der Waals surface area (Å²) in [5.74, 6) is 0.0561. The van der Waals surface area contributed by atoms with Gasteiger partial charge in [-0.2, -0.15) is 0 Å². The smallest absolute Gasteiger partial charge is 0.317 e. The highest BCUT2D eigenvalue weighted by atomic mass is 16.4. The average Bonchev–Trinajstić information content (AvgIpc) is 3.21. The van der Waals surface area contributed by atoms with Gasteiger partial charge >= 0.3 is 6.01 Å². The monoisotopic (exact) mass is 409 g/mol. The zero-order valence-electron chi connectivity index (χ0n) is 16.7. The number of carbonyl (C=O) groups is 1. The Morgan fingerprint density at radius 3 is 2.42 bits per heavy atom. The summed E-state index contributed by atoms with van der Waals surface area (Å²) in [4.78, 5) is 17.6. The number of para-hydroxylation sites is 1. The maximum Gasteiger partial charge on any atom is 0.317 e. The number of aliphatic imine (C=N–C) groups is 1. The summed E-state index contributed by atoms with van der Waals surface area (Å²) in [6.07, 6.45) is -0.936. The molecule has 2 N–H and O–H groups in total. The third-order valence-corrected chi connectivity index (χ3v) is 4.98. The van der Waals surface area contributed by atoms with Crippen LogP contribution in [0.1, 0.15) is 16.7 Å². The third-order valence-electron chi connectivity index (χ3n) is 4.98. The molecule has 2 heterocycles. The Labute approximate surface area is 178 Å². The molecule has 152 valence electrons. The second kappa shape index (κ2) is 7.87. The van der Waals surface area contributed by atoms with Crippen LogP contribution in [0.15, 0.2) is 88.3 Å². The van der Waals surface area contributed by atoms with E-state index in [9.17, 15) is 4.79 Å². The lowest BCUT2D eigenvalue weighted by atomic mass is 10.0. The highest BCUT2D eigenvalue weighted by Crippen LogP contribution is 2.25. The van der Waals surface area contributed by atoms with Crippen LogP contribution in [0.3, 0.4) is 0 Å². The summed E-state index contributed by atoms with van der Waals surface area (Å²) < 4.78 is 5.74. The Balaban J connectivity index is 1.49. The molecule has 0 fully saturated rings. The van der Waals surface area contributed by atoms with E-state index in [-0.39, 0.29) is 11.9 Å². The molecule has 3 aromatic carbocycles. The van der Waals surface area contributed by atoms with Crippen molar-refractivity contribution >= 4 is 23.3 Å². The van der Waals surface area contributed by atoms with E-state index < -0.39 is 6.17 Å². The number of hydrogen-bond acceptors (Lipinski definition) is 6. The minimum Gasteiger partial charge on any atom is -0.403 e. The zero-order chi connectivity index (χ0) is 21.2. The molecule has 7 nitrogen and oxygen atoms in total. The fourth-order valence-corrected chi connectivity index (χ4v) is 3.39. The summed E-state index contributed by atoms with van der Waals surface area (Å²) >= 11 is 0. The third kappa shape index (κ3) is 3.81. The second-order valence-electron chi connectivity index (χ2n) is 7.20. The first-order chi connectivity index (χ1) is 15.2. The normalized spacial score (nSPS) is 15.5. The Bertz CT molecular complexity index is 1260. The number of aromatic nitrogens is 2. The predicted molar refractivity (Wildman–Crippen MR) is 119 cm³/mol. The number of nitrogens with one attached hydrogen (secondary N) is 2. The van der Waals surface area contributed by atoms with Crippen molar-refractivity contribution < 1.29 is 9.21 Å². The quantitative estimate of drug-likeness (QED) is 0.525. The van der Waals surface area contributed by atoms with Gasteiger partial charge in [0.25, 0.3) is 5.91 Å². The van der Waals surface area contributed by atoms with E-state index in [1.165, 1.54) is 0 Å². The number of carbonyl (C=O) groups excluding carboxylic acids is 1. The molecule has 1 aromatic heterocycles. The first-order valence-corrected chi connectivity index (χ1v) is 9.88. The average molecular weight is 409 g/mol. The van der Waals surface area contributed by atoms with E-state index in [1.807, 2.05) is 85.8 Å². The molecule has 7 heteroatoms. The molecule has 31 heavy (non-hydrogen) atoms. The molecule has 0 radical (unpaired) electrons. The summed E-state index contributed by atoms with van der Waals surface area (Å²) in [5, 5.41) is 14.0. The first-order valence-electron chi connectivity index (χ1n) is 9.88. The van der Waals surface area contributed by atoms with Crippen molar-refractivity contribution in [2.75, 3.05) is 10.6 Å². The molecule has 1 amide bonds. The van der Waals surface area contributed by atoms with Gasteiger partial charge in [0, 0.05) is 16.7 Å². The van der Waals surface area contributed by atoms with Crippen LogP contribution >= 0.6 is 0 Å². The van der Waals surface area contributed by atoms with E-state index in [4.69, 9.17) is 9.41 Å². The fourth-order valence-electron chi connectivity index (χ4n) is 3.39. The van der Waals surface area contributed by atoms with Crippen LogP contribution in [0.4, 0.5) is 11.7 Å². The van der Waals surface area contributed by atoms with Gasteiger partial charge in [0.2, 0.25) is 12.1 Å². The van der Waals surface area contributed by atoms with Gasteiger partial charge in [-0.15, -0.1) is 5.10 Å². The van der Waals surface area contributed by atoms with E-state index in [1.54, 1.807) is 0 Å². The highest BCUT2D eigenvalue weighted by molar-refractivity contribution is 6.19. The van der Waals surface area contributed by atoms with E-state index >= 15 is 0 Å². The zero-order valence-corrected chi connectivity index (χ0v) is 16.7. The van der Waals surface area contributed by atoms with Crippen molar-refractivity contribution in [1.29, 1.82) is 0 Å². The topological polar surface area (TPSA) is 92.4 Å². The molecule has 0 bridgehead atoms. The maximum absolute atomic E-state index is 12.9. The molecule has 1 aliphatic heterocycles. The predicted octanol–water partition coefficient (Wildman–Crippen LogP) is 4.27. The van der Waals surface area contributed by atoms with Gasteiger partial charge in [0.05, 0.1) is 11.4 Å². The summed E-state index contributed by atoms with van der Waals surface area (Å²) in [6.45, 7) is 2.01. The molecule has 0 spiro atoms. The first kappa shape index (κ1) is 18.7. The van der Waals surface area contributed by atoms with Gasteiger partial charge in [0.1, 0.15) is 0 Å². The second-order valence-corrected chi connectivity index (χ2v) is 7.20. The lowest BCUT2D eigenvalue weighted by molar-refractivity contribution is -0.116. The number of rotatable bonds is 4. The molecule has 1 aliphatic rings. The Kier molecular flexibility index (Phi) is 4.76. The van der Waals surface area contributed by atoms with Gasteiger partial charge in [-0.05, 0) is 25.1 Å².